The zero-order valence-electron chi connectivity index (χ0n) is 16.7. The van der Waals surface area contributed by atoms with Gasteiger partial charge in [0, 0.05) is 51.1 Å². The molecule has 0 bridgehead atoms. The minimum atomic E-state index is -0.677. The molecule has 7 nitrogen and oxygen atoms in total. The molecule has 4 rings (SSSR count). The van der Waals surface area contributed by atoms with E-state index >= 15 is 0 Å². The smallest absolute Gasteiger partial charge is 0.249 e. The normalized spacial score (nSPS) is 24.3. The number of aryl methyl sites for hydroxylation is 1. The summed E-state index contributed by atoms with van der Waals surface area (Å²) in [5.41, 5.74) is 1.56. The highest BCUT2D eigenvalue weighted by Gasteiger charge is 2.46. The van der Waals surface area contributed by atoms with Gasteiger partial charge in [-0.15, -0.1) is 0 Å². The van der Waals surface area contributed by atoms with E-state index in [2.05, 4.69) is 20.2 Å². The number of benzene rings is 1. The summed E-state index contributed by atoms with van der Waals surface area (Å²) < 4.78 is 38.3. The van der Waals surface area contributed by atoms with Crippen molar-refractivity contribution in [3.05, 3.63) is 59.2 Å². The van der Waals surface area contributed by atoms with Gasteiger partial charge in [-0.3, -0.25) is 19.7 Å². The van der Waals surface area contributed by atoms with Gasteiger partial charge >= 0.3 is 0 Å². The van der Waals surface area contributed by atoms with Gasteiger partial charge in [-0.05, 0) is 24.6 Å². The van der Waals surface area contributed by atoms with Crippen molar-refractivity contribution >= 4 is 5.91 Å². The molecule has 1 spiro atoms. The zero-order chi connectivity index (χ0) is 21.1. The summed E-state index contributed by atoms with van der Waals surface area (Å²) in [4.78, 5) is 23.4. The first-order chi connectivity index (χ1) is 14.4. The van der Waals surface area contributed by atoms with Crippen LogP contribution in [0, 0.1) is 18.6 Å². The number of carbonyl (C=O) groups is 1. The van der Waals surface area contributed by atoms with Crippen LogP contribution in [0.25, 0.3) is 0 Å². The van der Waals surface area contributed by atoms with Crippen molar-refractivity contribution in [1.29, 1.82) is 0 Å². The van der Waals surface area contributed by atoms with Crippen LogP contribution in [0.3, 0.4) is 0 Å². The van der Waals surface area contributed by atoms with Gasteiger partial charge in [0.1, 0.15) is 23.3 Å². The van der Waals surface area contributed by atoms with Gasteiger partial charge in [0.05, 0.1) is 24.6 Å². The van der Waals surface area contributed by atoms with Gasteiger partial charge < -0.3 is 14.8 Å². The lowest BCUT2D eigenvalue weighted by Crippen LogP contribution is -2.52. The second-order valence-electron chi connectivity index (χ2n) is 7.89. The van der Waals surface area contributed by atoms with E-state index in [0.717, 1.165) is 24.0 Å². The largest absolute Gasteiger partial charge is 0.370 e. The molecular weight excluding hydrogens is 394 g/mol. The molecule has 2 fully saturated rings. The Hall–Kier alpha value is -2.49. The number of amides is 1. The van der Waals surface area contributed by atoms with Gasteiger partial charge in [0.25, 0.3) is 0 Å². The van der Waals surface area contributed by atoms with Crippen LogP contribution in [0.2, 0.25) is 0 Å². The van der Waals surface area contributed by atoms with Crippen molar-refractivity contribution in [2.45, 2.75) is 38.1 Å². The number of halogens is 2. The minimum Gasteiger partial charge on any atom is -0.370 e. The third kappa shape index (κ3) is 4.97. The molecule has 0 radical (unpaired) electrons. The van der Waals surface area contributed by atoms with E-state index in [1.165, 1.54) is 12.1 Å². The summed E-state index contributed by atoms with van der Waals surface area (Å²) in [6, 6.07) is 3.18. The average Bonchev–Trinajstić information content (AvgIpc) is 3.08. The summed E-state index contributed by atoms with van der Waals surface area (Å²) in [7, 11) is 0. The second-order valence-corrected chi connectivity index (χ2v) is 7.89. The van der Waals surface area contributed by atoms with E-state index in [1.54, 1.807) is 12.4 Å². The van der Waals surface area contributed by atoms with Crippen LogP contribution in [-0.4, -0.2) is 58.8 Å². The van der Waals surface area contributed by atoms with E-state index in [0.29, 0.717) is 38.3 Å². The highest BCUT2D eigenvalue weighted by atomic mass is 19.1. The highest BCUT2D eigenvalue weighted by molar-refractivity contribution is 5.81. The Morgan fingerprint density at radius 3 is 2.87 bits per heavy atom. The number of nitrogens with one attached hydrogen (secondary N) is 1. The van der Waals surface area contributed by atoms with Crippen LogP contribution in [0.4, 0.5) is 8.78 Å². The van der Waals surface area contributed by atoms with Gasteiger partial charge in [-0.2, -0.15) is 0 Å². The summed E-state index contributed by atoms with van der Waals surface area (Å²) >= 11 is 0. The third-order valence-electron chi connectivity index (χ3n) is 5.30. The van der Waals surface area contributed by atoms with Crippen LogP contribution in [-0.2, 0) is 27.4 Å². The SMILES string of the molecule is Cc1cncc(CN2CCOC3(COC(C(=O)NCc4cc(F)cc(F)c4)C3)C2)n1. The van der Waals surface area contributed by atoms with E-state index in [4.69, 9.17) is 9.47 Å². The molecule has 9 heteroatoms. The molecule has 0 saturated carbocycles. The Morgan fingerprint density at radius 2 is 2.10 bits per heavy atom. The lowest BCUT2D eigenvalue weighted by atomic mass is 9.97. The minimum absolute atomic E-state index is 0.0272. The summed E-state index contributed by atoms with van der Waals surface area (Å²) in [5, 5.41) is 2.69. The number of morpholine rings is 1. The van der Waals surface area contributed by atoms with Crippen molar-refractivity contribution in [2.24, 2.45) is 0 Å². The molecule has 3 heterocycles. The second kappa shape index (κ2) is 8.71. The van der Waals surface area contributed by atoms with Crippen molar-refractivity contribution < 1.29 is 23.0 Å². The fraction of sp³-hybridized carbons (Fsp3) is 0.476. The maximum atomic E-state index is 13.3. The summed E-state index contributed by atoms with van der Waals surface area (Å²) in [5.74, 6) is -1.67. The highest BCUT2D eigenvalue weighted by Crippen LogP contribution is 2.32. The number of hydrogen-bond acceptors (Lipinski definition) is 6. The van der Waals surface area contributed by atoms with Gasteiger partial charge in [0.15, 0.2) is 0 Å². The summed E-state index contributed by atoms with van der Waals surface area (Å²) in [6.45, 7) is 4.83. The van der Waals surface area contributed by atoms with Gasteiger partial charge in [0.2, 0.25) is 5.91 Å². The number of rotatable bonds is 5. The molecule has 2 aliphatic rings. The first kappa shape index (κ1) is 20.8. The zero-order valence-corrected chi connectivity index (χ0v) is 16.7. The number of carbonyl (C=O) groups excluding carboxylic acids is 1. The molecule has 2 saturated heterocycles. The number of ether oxygens (including phenoxy) is 2. The first-order valence-electron chi connectivity index (χ1n) is 9.89. The van der Waals surface area contributed by atoms with Crippen molar-refractivity contribution in [2.75, 3.05) is 26.3 Å². The quantitative estimate of drug-likeness (QED) is 0.797. The van der Waals surface area contributed by atoms with E-state index in [9.17, 15) is 13.6 Å². The molecule has 2 aliphatic heterocycles. The molecule has 1 N–H and O–H groups in total. The van der Waals surface area contributed by atoms with Crippen LogP contribution in [0.5, 0.6) is 0 Å². The predicted octanol–water partition coefficient (Wildman–Crippen LogP) is 1.74. The standard InChI is InChI=1S/C21H24F2N4O3/c1-14-8-24-10-18(26-14)11-27-2-3-30-21(12-27)7-19(29-13-21)20(28)25-9-15-4-16(22)6-17(23)5-15/h4-6,8,10,19H,2-3,7,9,11-13H2,1H3,(H,25,28). The summed E-state index contributed by atoms with van der Waals surface area (Å²) in [6.07, 6.45) is 3.23. The Balaban J connectivity index is 1.32. The number of hydrogen-bond donors (Lipinski definition) is 1. The topological polar surface area (TPSA) is 76.6 Å². The Labute approximate surface area is 173 Å². The van der Waals surface area contributed by atoms with Crippen LogP contribution < -0.4 is 5.32 Å². The van der Waals surface area contributed by atoms with Crippen molar-refractivity contribution in [3.63, 3.8) is 0 Å². The molecule has 2 atom stereocenters. The molecule has 1 amide bonds. The van der Waals surface area contributed by atoms with Crippen LogP contribution >= 0.6 is 0 Å². The monoisotopic (exact) mass is 418 g/mol. The van der Waals surface area contributed by atoms with Gasteiger partial charge in [-0.1, -0.05) is 0 Å². The maximum absolute atomic E-state index is 13.3. The molecular formula is C21H24F2N4O3. The Bertz CT molecular complexity index is 909. The Kier molecular flexibility index (Phi) is 6.03. The van der Waals surface area contributed by atoms with E-state index < -0.39 is 23.3 Å². The lowest BCUT2D eigenvalue weighted by molar-refractivity contribution is -0.130. The molecule has 30 heavy (non-hydrogen) atoms. The number of aromatic nitrogens is 2. The molecule has 2 aromatic rings. The molecule has 160 valence electrons. The van der Waals surface area contributed by atoms with E-state index in [1.807, 2.05) is 6.92 Å². The van der Waals surface area contributed by atoms with Crippen LogP contribution in [0.15, 0.2) is 30.6 Å². The van der Waals surface area contributed by atoms with Crippen LogP contribution in [0.1, 0.15) is 23.4 Å². The maximum Gasteiger partial charge on any atom is 0.249 e. The Morgan fingerprint density at radius 1 is 1.30 bits per heavy atom. The van der Waals surface area contributed by atoms with Crippen molar-refractivity contribution in [1.82, 2.24) is 20.2 Å². The third-order valence-corrected chi connectivity index (χ3v) is 5.30. The molecule has 1 aromatic heterocycles. The molecule has 2 unspecified atom stereocenters. The fourth-order valence-corrected chi connectivity index (χ4v) is 3.98. The van der Waals surface area contributed by atoms with Gasteiger partial charge in [-0.25, -0.2) is 8.78 Å². The molecule has 0 aliphatic carbocycles. The molecule has 1 aromatic carbocycles. The van der Waals surface area contributed by atoms with Crippen molar-refractivity contribution in [3.8, 4) is 0 Å². The lowest BCUT2D eigenvalue weighted by Gasteiger charge is -2.39. The van der Waals surface area contributed by atoms with E-state index in [-0.39, 0.29) is 12.5 Å². The number of nitrogens with zero attached hydrogens (tertiary/aromatic N) is 3. The average molecular weight is 418 g/mol. The fourth-order valence-electron chi connectivity index (χ4n) is 3.98. The predicted molar refractivity (Wildman–Crippen MR) is 103 cm³/mol. The first-order valence-corrected chi connectivity index (χ1v) is 9.89.